The number of amides is 1. The number of para-hydroxylation sites is 1. The molecule has 1 amide bonds. The third-order valence-corrected chi connectivity index (χ3v) is 3.08. The van der Waals surface area contributed by atoms with Crippen molar-refractivity contribution >= 4 is 16.8 Å². The topological polar surface area (TPSA) is 45.2 Å². The largest absolute Gasteiger partial charge is 0.350 e. The van der Waals surface area contributed by atoms with Gasteiger partial charge in [-0.25, -0.2) is 0 Å². The Bertz CT molecular complexity index is 626. The van der Waals surface area contributed by atoms with Gasteiger partial charge < -0.3 is 5.32 Å². The van der Waals surface area contributed by atoms with Gasteiger partial charge in [-0.05, 0) is 39.4 Å². The van der Waals surface area contributed by atoms with Crippen molar-refractivity contribution in [2.75, 3.05) is 13.6 Å². The maximum atomic E-state index is 12.0. The second kappa shape index (κ2) is 6.22. The monoisotopic (exact) mass is 285 g/mol. The Labute approximate surface area is 126 Å². The van der Waals surface area contributed by atoms with Gasteiger partial charge in [0.05, 0.1) is 12.1 Å². The molecule has 0 radical (unpaired) electrons. The number of hydrogen-bond acceptors (Lipinski definition) is 3. The smallest absolute Gasteiger partial charge is 0.234 e. The second-order valence-electron chi connectivity index (χ2n) is 6.46. The van der Waals surface area contributed by atoms with Gasteiger partial charge in [-0.15, -0.1) is 0 Å². The lowest BCUT2D eigenvalue weighted by Crippen LogP contribution is -2.45. The first-order valence-corrected chi connectivity index (χ1v) is 7.17. The van der Waals surface area contributed by atoms with Crippen LogP contribution in [0, 0.1) is 0 Å². The van der Waals surface area contributed by atoms with Crippen molar-refractivity contribution in [3.05, 3.63) is 42.1 Å². The zero-order chi connectivity index (χ0) is 15.5. The van der Waals surface area contributed by atoms with Crippen molar-refractivity contribution in [1.29, 1.82) is 0 Å². The minimum atomic E-state index is -0.196. The number of likely N-dealkylation sites (N-methyl/N-ethyl adjacent to an activating group) is 1. The van der Waals surface area contributed by atoms with Crippen LogP contribution in [-0.4, -0.2) is 34.9 Å². The second-order valence-corrected chi connectivity index (χ2v) is 6.46. The number of aromatic nitrogens is 1. The van der Waals surface area contributed by atoms with E-state index in [2.05, 4.69) is 28.5 Å². The van der Waals surface area contributed by atoms with Crippen LogP contribution >= 0.6 is 0 Å². The van der Waals surface area contributed by atoms with Crippen molar-refractivity contribution in [2.24, 2.45) is 0 Å². The van der Waals surface area contributed by atoms with Gasteiger partial charge in [-0.1, -0.05) is 24.3 Å². The van der Waals surface area contributed by atoms with E-state index in [4.69, 9.17) is 0 Å². The maximum absolute atomic E-state index is 12.0. The Morgan fingerprint density at radius 2 is 1.95 bits per heavy atom. The molecule has 1 heterocycles. The van der Waals surface area contributed by atoms with Gasteiger partial charge in [-0.2, -0.15) is 0 Å². The van der Waals surface area contributed by atoms with E-state index in [1.54, 1.807) is 6.20 Å². The molecule has 0 aliphatic heterocycles. The molecule has 0 aliphatic rings. The summed E-state index contributed by atoms with van der Waals surface area (Å²) in [4.78, 5) is 18.4. The van der Waals surface area contributed by atoms with Gasteiger partial charge in [0.1, 0.15) is 0 Å². The summed E-state index contributed by atoms with van der Waals surface area (Å²) in [6.45, 7) is 7.03. The Kier molecular flexibility index (Phi) is 4.58. The number of nitrogens with zero attached hydrogens (tertiary/aromatic N) is 2. The number of carbonyl (C=O) groups excluding carboxylic acids is 1. The number of pyridine rings is 1. The molecule has 0 aliphatic carbocycles. The summed E-state index contributed by atoms with van der Waals surface area (Å²) in [6.07, 6.45) is 1.80. The first-order valence-electron chi connectivity index (χ1n) is 7.17. The van der Waals surface area contributed by atoms with Gasteiger partial charge in [0, 0.05) is 23.7 Å². The van der Waals surface area contributed by atoms with E-state index in [0.29, 0.717) is 13.1 Å². The van der Waals surface area contributed by atoms with Crippen LogP contribution in [0.5, 0.6) is 0 Å². The summed E-state index contributed by atoms with van der Waals surface area (Å²) in [5, 5.41) is 4.10. The number of rotatable bonds is 4. The fourth-order valence-corrected chi connectivity index (χ4v) is 2.34. The molecule has 2 aromatic rings. The molecule has 0 atom stereocenters. The highest BCUT2D eigenvalue weighted by Gasteiger charge is 2.15. The minimum absolute atomic E-state index is 0.0400. The summed E-state index contributed by atoms with van der Waals surface area (Å²) < 4.78 is 0. The number of carbonyl (C=O) groups is 1. The predicted octanol–water partition coefficient (Wildman–Crippen LogP) is 2.58. The summed E-state index contributed by atoms with van der Waals surface area (Å²) >= 11 is 0. The molecule has 1 aromatic heterocycles. The standard InChI is InChI=1S/C17H23N3O/c1-17(2,3)19-15(21)12-20(4)11-14-8-5-7-13-9-6-10-18-16(13)14/h5-10H,11-12H2,1-4H3,(H,19,21). The Balaban J connectivity index is 2.05. The van der Waals surface area contributed by atoms with Crippen LogP contribution in [0.3, 0.4) is 0 Å². The first kappa shape index (κ1) is 15.4. The van der Waals surface area contributed by atoms with Crippen LogP contribution in [0.2, 0.25) is 0 Å². The molecule has 112 valence electrons. The quantitative estimate of drug-likeness (QED) is 0.939. The maximum Gasteiger partial charge on any atom is 0.234 e. The fraction of sp³-hybridized carbons (Fsp3) is 0.412. The summed E-state index contributed by atoms with van der Waals surface area (Å²) in [5.74, 6) is 0.0400. The van der Waals surface area contributed by atoms with Crippen LogP contribution in [0.25, 0.3) is 10.9 Å². The highest BCUT2D eigenvalue weighted by molar-refractivity contribution is 5.82. The number of benzene rings is 1. The van der Waals surface area contributed by atoms with E-state index in [0.717, 1.165) is 16.5 Å². The van der Waals surface area contributed by atoms with Crippen molar-refractivity contribution in [3.8, 4) is 0 Å². The molecule has 0 bridgehead atoms. The number of nitrogens with one attached hydrogen (secondary N) is 1. The van der Waals surface area contributed by atoms with Gasteiger partial charge >= 0.3 is 0 Å². The lowest BCUT2D eigenvalue weighted by molar-refractivity contribution is -0.123. The molecule has 0 saturated carbocycles. The average Bonchev–Trinajstić information content (AvgIpc) is 2.36. The predicted molar refractivity (Wildman–Crippen MR) is 86.0 cm³/mol. The SMILES string of the molecule is CN(CC(=O)NC(C)(C)C)Cc1cccc2cccnc12. The zero-order valence-electron chi connectivity index (χ0n) is 13.2. The molecular formula is C17H23N3O. The molecule has 21 heavy (non-hydrogen) atoms. The van der Waals surface area contributed by atoms with Crippen LogP contribution in [-0.2, 0) is 11.3 Å². The van der Waals surface area contributed by atoms with E-state index in [1.807, 2.05) is 44.9 Å². The van der Waals surface area contributed by atoms with Crippen LogP contribution in [0.1, 0.15) is 26.3 Å². The third kappa shape index (κ3) is 4.53. The summed E-state index contributed by atoms with van der Waals surface area (Å²) in [5.41, 5.74) is 1.95. The van der Waals surface area contributed by atoms with Crippen LogP contribution in [0.15, 0.2) is 36.5 Å². The van der Waals surface area contributed by atoms with Crippen molar-refractivity contribution in [3.63, 3.8) is 0 Å². The molecule has 1 N–H and O–H groups in total. The first-order chi connectivity index (χ1) is 9.85. The Morgan fingerprint density at radius 1 is 1.24 bits per heavy atom. The molecule has 0 spiro atoms. The number of fused-ring (bicyclic) bond motifs is 1. The molecule has 2 rings (SSSR count). The lowest BCUT2D eigenvalue weighted by atomic mass is 10.1. The molecule has 4 heteroatoms. The average molecular weight is 285 g/mol. The Hall–Kier alpha value is -1.94. The van der Waals surface area contributed by atoms with Gasteiger partial charge in [0.25, 0.3) is 0 Å². The minimum Gasteiger partial charge on any atom is -0.350 e. The normalized spacial score (nSPS) is 11.9. The third-order valence-electron chi connectivity index (χ3n) is 3.08. The number of hydrogen-bond donors (Lipinski definition) is 1. The van der Waals surface area contributed by atoms with Crippen molar-refractivity contribution in [2.45, 2.75) is 32.9 Å². The molecule has 0 unspecified atom stereocenters. The van der Waals surface area contributed by atoms with Crippen molar-refractivity contribution in [1.82, 2.24) is 15.2 Å². The molecule has 4 nitrogen and oxygen atoms in total. The molecule has 0 saturated heterocycles. The zero-order valence-corrected chi connectivity index (χ0v) is 13.2. The van der Waals surface area contributed by atoms with E-state index in [-0.39, 0.29) is 11.4 Å². The van der Waals surface area contributed by atoms with E-state index < -0.39 is 0 Å². The van der Waals surface area contributed by atoms with Gasteiger partial charge in [0.15, 0.2) is 0 Å². The van der Waals surface area contributed by atoms with Crippen LogP contribution < -0.4 is 5.32 Å². The van der Waals surface area contributed by atoms with Crippen molar-refractivity contribution < 1.29 is 4.79 Å². The van der Waals surface area contributed by atoms with E-state index >= 15 is 0 Å². The lowest BCUT2D eigenvalue weighted by Gasteiger charge is -2.23. The van der Waals surface area contributed by atoms with Gasteiger partial charge in [0.2, 0.25) is 5.91 Å². The fourth-order valence-electron chi connectivity index (χ4n) is 2.34. The molecule has 1 aromatic carbocycles. The summed E-state index contributed by atoms with van der Waals surface area (Å²) in [6, 6.07) is 10.1. The molecular weight excluding hydrogens is 262 g/mol. The highest BCUT2D eigenvalue weighted by atomic mass is 16.2. The molecule has 0 fully saturated rings. The van der Waals surface area contributed by atoms with E-state index in [1.165, 1.54) is 0 Å². The van der Waals surface area contributed by atoms with E-state index in [9.17, 15) is 4.79 Å². The van der Waals surface area contributed by atoms with Crippen LogP contribution in [0.4, 0.5) is 0 Å². The van der Waals surface area contributed by atoms with Gasteiger partial charge in [-0.3, -0.25) is 14.7 Å². The highest BCUT2D eigenvalue weighted by Crippen LogP contribution is 2.17. The Morgan fingerprint density at radius 3 is 2.67 bits per heavy atom. The summed E-state index contributed by atoms with van der Waals surface area (Å²) in [7, 11) is 1.95.